The third-order valence-corrected chi connectivity index (χ3v) is 0.985. The van der Waals surface area contributed by atoms with Crippen molar-refractivity contribution in [1.29, 1.82) is 0 Å². The SMILES string of the molecule is Clc1ccccc1.[Cl][Zn][Cl]. The molecule has 0 unspecified atom stereocenters. The zero-order valence-corrected chi connectivity index (χ0v) is 10.5. The molecule has 0 bridgehead atoms. The molecule has 4 heteroatoms. The third kappa shape index (κ3) is 6.83. The van der Waals surface area contributed by atoms with Gasteiger partial charge in [-0.2, -0.15) is 0 Å². The number of hydrogen-bond acceptors (Lipinski definition) is 0. The van der Waals surface area contributed by atoms with Crippen molar-refractivity contribution in [2.75, 3.05) is 0 Å². The fourth-order valence-electron chi connectivity index (χ4n) is 0.415. The van der Waals surface area contributed by atoms with E-state index in [9.17, 15) is 0 Å². The minimum absolute atomic E-state index is 0.794. The Morgan fingerprint density at radius 1 is 1.00 bits per heavy atom. The second-order valence-electron chi connectivity index (χ2n) is 1.40. The Morgan fingerprint density at radius 2 is 1.40 bits per heavy atom. The van der Waals surface area contributed by atoms with Gasteiger partial charge in [-0.15, -0.1) is 0 Å². The van der Waals surface area contributed by atoms with Crippen molar-refractivity contribution in [2.45, 2.75) is 0 Å². The van der Waals surface area contributed by atoms with Crippen LogP contribution in [0.5, 0.6) is 0 Å². The molecule has 0 heterocycles. The van der Waals surface area contributed by atoms with Crippen molar-refractivity contribution in [3.05, 3.63) is 35.4 Å². The summed E-state index contributed by atoms with van der Waals surface area (Å²) in [6, 6.07) is 9.44. The Balaban J connectivity index is 0.000000236. The normalized spacial score (nSPS) is 7.10. The first-order chi connectivity index (χ1) is 4.81. The van der Waals surface area contributed by atoms with Gasteiger partial charge in [0, 0.05) is 5.02 Å². The van der Waals surface area contributed by atoms with E-state index in [-0.39, 0.29) is 0 Å². The van der Waals surface area contributed by atoms with Gasteiger partial charge in [0.25, 0.3) is 0 Å². The Morgan fingerprint density at radius 3 is 1.60 bits per heavy atom. The first-order valence-electron chi connectivity index (χ1n) is 2.63. The summed E-state index contributed by atoms with van der Waals surface area (Å²) in [5, 5.41) is 0.794. The van der Waals surface area contributed by atoms with E-state index < -0.39 is 15.1 Å². The summed E-state index contributed by atoms with van der Waals surface area (Å²) in [6.07, 6.45) is 0. The zero-order chi connectivity index (χ0) is 7.82. The van der Waals surface area contributed by atoms with Gasteiger partial charge in [-0.1, -0.05) is 29.8 Å². The molecule has 0 atom stereocenters. The third-order valence-electron chi connectivity index (χ3n) is 0.733. The van der Waals surface area contributed by atoms with E-state index in [4.69, 9.17) is 31.0 Å². The summed E-state index contributed by atoms with van der Waals surface area (Å²) >= 11 is 4.61. The fourth-order valence-corrected chi connectivity index (χ4v) is 0.560. The van der Waals surface area contributed by atoms with Crippen LogP contribution >= 0.6 is 31.0 Å². The van der Waals surface area contributed by atoms with Gasteiger partial charge in [-0.3, -0.25) is 0 Å². The maximum absolute atomic E-state index is 5.54. The summed E-state index contributed by atoms with van der Waals surface area (Å²) in [4.78, 5) is 0. The second kappa shape index (κ2) is 7.82. The van der Waals surface area contributed by atoms with Crippen LogP contribution in [0.4, 0.5) is 0 Å². The average Bonchev–Trinajstić information content (AvgIpc) is 1.91. The molecule has 1 aromatic carbocycles. The van der Waals surface area contributed by atoms with Crippen molar-refractivity contribution < 1.29 is 15.1 Å². The fraction of sp³-hybridized carbons (Fsp3) is 0. The van der Waals surface area contributed by atoms with E-state index in [1.165, 1.54) is 0 Å². The molecule has 0 aliphatic heterocycles. The predicted molar refractivity (Wildman–Crippen MR) is 43.2 cm³/mol. The van der Waals surface area contributed by atoms with Crippen LogP contribution in [0.1, 0.15) is 0 Å². The number of hydrogen-bond donors (Lipinski definition) is 0. The van der Waals surface area contributed by atoms with E-state index in [1.807, 2.05) is 30.3 Å². The number of benzene rings is 1. The van der Waals surface area contributed by atoms with Gasteiger partial charge in [-0.05, 0) is 12.1 Å². The molecule has 0 N–H and O–H groups in total. The standard InChI is InChI=1S/C6H5Cl.2ClH.Zn/c7-6-4-2-1-3-5-6;;;/h1-5H;2*1H;/q;;;+2/p-2. The molecule has 0 saturated heterocycles. The quantitative estimate of drug-likeness (QED) is 0.614. The molecule has 0 radical (unpaired) electrons. The van der Waals surface area contributed by atoms with Crippen LogP contribution in [-0.2, 0) is 15.1 Å². The van der Waals surface area contributed by atoms with E-state index in [1.54, 1.807) is 0 Å². The second-order valence-corrected chi connectivity index (χ2v) is 6.46. The summed E-state index contributed by atoms with van der Waals surface area (Å²) in [7, 11) is 9.90. The Labute approximate surface area is 81.2 Å². The Kier molecular flexibility index (Phi) is 8.37. The van der Waals surface area contributed by atoms with Crippen molar-refractivity contribution in [3.63, 3.8) is 0 Å². The van der Waals surface area contributed by atoms with Crippen molar-refractivity contribution >= 4 is 31.0 Å². The number of halogens is 3. The Bertz CT molecular complexity index is 154. The topological polar surface area (TPSA) is 0 Å². The summed E-state index contributed by atoms with van der Waals surface area (Å²) in [6.45, 7) is 0. The minimum atomic E-state index is -0.931. The van der Waals surface area contributed by atoms with E-state index in [0.29, 0.717) is 0 Å². The molecule has 10 heavy (non-hydrogen) atoms. The van der Waals surface area contributed by atoms with Gasteiger partial charge < -0.3 is 0 Å². The molecular weight excluding hydrogens is 244 g/mol. The molecule has 0 aromatic heterocycles. The summed E-state index contributed by atoms with van der Waals surface area (Å²) in [5.41, 5.74) is 0. The van der Waals surface area contributed by atoms with Crippen LogP contribution in [0.15, 0.2) is 30.3 Å². The molecule has 0 amide bonds. The zero-order valence-electron chi connectivity index (χ0n) is 5.23. The van der Waals surface area contributed by atoms with Crippen molar-refractivity contribution in [1.82, 2.24) is 0 Å². The first-order valence-corrected chi connectivity index (χ1v) is 10.8. The van der Waals surface area contributed by atoms with Crippen LogP contribution < -0.4 is 0 Å². The predicted octanol–water partition coefficient (Wildman–Crippen LogP) is 3.72. The van der Waals surface area contributed by atoms with Crippen LogP contribution in [-0.4, -0.2) is 0 Å². The van der Waals surface area contributed by atoms with Gasteiger partial charge in [0.15, 0.2) is 0 Å². The van der Waals surface area contributed by atoms with Crippen molar-refractivity contribution in [3.8, 4) is 0 Å². The van der Waals surface area contributed by atoms with Gasteiger partial charge in [0.2, 0.25) is 0 Å². The molecule has 0 fully saturated rings. The van der Waals surface area contributed by atoms with Gasteiger partial charge >= 0.3 is 34.5 Å². The molecule has 0 saturated carbocycles. The van der Waals surface area contributed by atoms with Crippen LogP contribution in [0.3, 0.4) is 0 Å². The van der Waals surface area contributed by atoms with Crippen LogP contribution in [0.25, 0.3) is 0 Å². The monoisotopic (exact) mass is 246 g/mol. The molecular formula is C6H5Cl3Zn. The van der Waals surface area contributed by atoms with Crippen LogP contribution in [0, 0.1) is 0 Å². The molecule has 0 spiro atoms. The van der Waals surface area contributed by atoms with Crippen molar-refractivity contribution in [2.24, 2.45) is 0 Å². The molecule has 1 rings (SSSR count). The van der Waals surface area contributed by atoms with Gasteiger partial charge in [0.05, 0.1) is 0 Å². The van der Waals surface area contributed by atoms with Gasteiger partial charge in [-0.25, -0.2) is 0 Å². The molecule has 0 aliphatic rings. The summed E-state index contributed by atoms with van der Waals surface area (Å²) in [5.74, 6) is 0. The van der Waals surface area contributed by atoms with Crippen LogP contribution in [0.2, 0.25) is 5.02 Å². The first kappa shape index (κ1) is 10.7. The van der Waals surface area contributed by atoms with E-state index in [2.05, 4.69) is 0 Å². The maximum atomic E-state index is 5.54. The molecule has 0 aliphatic carbocycles. The van der Waals surface area contributed by atoms with E-state index in [0.717, 1.165) is 5.02 Å². The van der Waals surface area contributed by atoms with Gasteiger partial charge in [0.1, 0.15) is 0 Å². The summed E-state index contributed by atoms with van der Waals surface area (Å²) < 4.78 is 0. The molecule has 1 aromatic rings. The average molecular weight is 249 g/mol. The number of rotatable bonds is 0. The van der Waals surface area contributed by atoms with E-state index >= 15 is 0 Å². The molecule has 52 valence electrons. The molecule has 0 nitrogen and oxygen atoms in total. The Hall–Kier alpha value is 0.713.